The molecule has 0 radical (unpaired) electrons. The molecule has 17 heavy (non-hydrogen) atoms. The van der Waals surface area contributed by atoms with Gasteiger partial charge >= 0.3 is 0 Å². The summed E-state index contributed by atoms with van der Waals surface area (Å²) in [5.41, 5.74) is 7.71. The van der Waals surface area contributed by atoms with E-state index in [9.17, 15) is 0 Å². The summed E-state index contributed by atoms with van der Waals surface area (Å²) in [6.45, 7) is 2.10. The molecule has 0 aliphatic rings. The second-order valence-corrected chi connectivity index (χ2v) is 4.74. The van der Waals surface area contributed by atoms with Gasteiger partial charge in [-0.05, 0) is 12.5 Å². The van der Waals surface area contributed by atoms with Crippen LogP contribution in [0.2, 0.25) is 0 Å². The van der Waals surface area contributed by atoms with Crippen LogP contribution in [0, 0.1) is 0 Å². The highest BCUT2D eigenvalue weighted by Gasteiger charge is 2.10. The summed E-state index contributed by atoms with van der Waals surface area (Å²) >= 11 is 1.71. The lowest BCUT2D eigenvalue weighted by atomic mass is 10.2. The number of thiazole rings is 1. The molecule has 3 nitrogen and oxygen atoms in total. The largest absolute Gasteiger partial charge is 0.382 e. The summed E-state index contributed by atoms with van der Waals surface area (Å²) in [5, 5.41) is 2.25. The van der Waals surface area contributed by atoms with Crippen LogP contribution in [0.4, 0.5) is 5.82 Å². The van der Waals surface area contributed by atoms with Crippen molar-refractivity contribution >= 4 is 50.7 Å². The third-order valence-corrected chi connectivity index (χ3v) is 3.84. The van der Waals surface area contributed by atoms with Crippen molar-refractivity contribution < 1.29 is 0 Å². The topological polar surface area (TPSA) is 51.8 Å². The van der Waals surface area contributed by atoms with Crippen LogP contribution in [0.5, 0.6) is 0 Å². The smallest absolute Gasteiger partial charge is 0.151 e. The summed E-state index contributed by atoms with van der Waals surface area (Å²) in [6.07, 6.45) is 0.938. The Bertz CT molecular complexity index is 678. The molecule has 3 rings (SSSR count). The highest BCUT2D eigenvalue weighted by atomic mass is 35.5. The molecule has 0 aliphatic heterocycles. The molecule has 0 saturated heterocycles. The number of aromatic nitrogens is 2. The first-order valence-electron chi connectivity index (χ1n) is 5.23. The van der Waals surface area contributed by atoms with Gasteiger partial charge in [-0.1, -0.05) is 25.1 Å². The molecule has 0 bridgehead atoms. The molecule has 2 heterocycles. The van der Waals surface area contributed by atoms with Gasteiger partial charge in [0.25, 0.3) is 0 Å². The summed E-state index contributed by atoms with van der Waals surface area (Å²) < 4.78 is 1.15. The fraction of sp³-hybridized carbons (Fsp3) is 0.167. The van der Waals surface area contributed by atoms with Gasteiger partial charge in [0.05, 0.1) is 15.2 Å². The molecule has 0 spiro atoms. The molecule has 2 N–H and O–H groups in total. The van der Waals surface area contributed by atoms with Crippen LogP contribution in [-0.4, -0.2) is 9.97 Å². The Hall–Kier alpha value is -1.39. The Morgan fingerprint density at radius 1 is 1.24 bits per heavy atom. The zero-order valence-electron chi connectivity index (χ0n) is 9.30. The van der Waals surface area contributed by atoms with E-state index in [4.69, 9.17) is 5.73 Å². The van der Waals surface area contributed by atoms with E-state index in [-0.39, 0.29) is 12.4 Å². The number of fused-ring (bicyclic) bond motifs is 3. The maximum absolute atomic E-state index is 5.92. The molecule has 0 fully saturated rings. The number of aryl methyl sites for hydroxylation is 1. The van der Waals surface area contributed by atoms with Crippen molar-refractivity contribution in [3.8, 4) is 0 Å². The first kappa shape index (κ1) is 12.1. The number of hydrogen-bond acceptors (Lipinski definition) is 4. The van der Waals surface area contributed by atoms with Crippen LogP contribution >= 0.6 is 23.7 Å². The number of para-hydroxylation sites is 1. The van der Waals surface area contributed by atoms with Crippen LogP contribution in [0.25, 0.3) is 21.1 Å². The minimum Gasteiger partial charge on any atom is -0.382 e. The molecule has 2 aromatic heterocycles. The third kappa shape index (κ3) is 1.83. The average Bonchev–Trinajstić information content (AvgIpc) is 2.74. The zero-order chi connectivity index (χ0) is 11.1. The van der Waals surface area contributed by atoms with Crippen LogP contribution in [0.15, 0.2) is 24.3 Å². The van der Waals surface area contributed by atoms with Gasteiger partial charge in [0.15, 0.2) is 5.82 Å². The summed E-state index contributed by atoms with van der Waals surface area (Å²) in [6, 6.07) is 8.05. The number of benzene rings is 1. The third-order valence-electron chi connectivity index (χ3n) is 2.61. The number of nitrogens with zero attached hydrogens (tertiary/aromatic N) is 2. The van der Waals surface area contributed by atoms with E-state index in [1.165, 1.54) is 0 Å². The van der Waals surface area contributed by atoms with E-state index >= 15 is 0 Å². The van der Waals surface area contributed by atoms with Crippen molar-refractivity contribution in [3.05, 3.63) is 29.3 Å². The van der Waals surface area contributed by atoms with Crippen molar-refractivity contribution in [1.82, 2.24) is 9.97 Å². The van der Waals surface area contributed by atoms with E-state index in [2.05, 4.69) is 23.0 Å². The van der Waals surface area contributed by atoms with Crippen molar-refractivity contribution in [2.75, 3.05) is 5.73 Å². The monoisotopic (exact) mass is 265 g/mol. The highest BCUT2D eigenvalue weighted by molar-refractivity contribution is 7.19. The Kier molecular flexibility index (Phi) is 3.17. The number of hydrogen-bond donors (Lipinski definition) is 1. The maximum Gasteiger partial charge on any atom is 0.151 e. The molecule has 1 aromatic carbocycles. The number of anilines is 1. The zero-order valence-corrected chi connectivity index (χ0v) is 10.9. The van der Waals surface area contributed by atoms with Gasteiger partial charge in [0, 0.05) is 5.39 Å². The van der Waals surface area contributed by atoms with Crippen LogP contribution < -0.4 is 5.73 Å². The number of halogens is 1. The molecule has 0 amide bonds. The number of rotatable bonds is 1. The first-order chi connectivity index (χ1) is 7.79. The lowest BCUT2D eigenvalue weighted by Crippen LogP contribution is -1.92. The van der Waals surface area contributed by atoms with Gasteiger partial charge in [-0.15, -0.1) is 23.7 Å². The predicted molar refractivity (Wildman–Crippen MR) is 76.0 cm³/mol. The second-order valence-electron chi connectivity index (χ2n) is 3.65. The Morgan fingerprint density at radius 3 is 2.76 bits per heavy atom. The van der Waals surface area contributed by atoms with E-state index in [0.717, 1.165) is 32.5 Å². The molecule has 0 atom stereocenters. The van der Waals surface area contributed by atoms with Crippen molar-refractivity contribution in [2.24, 2.45) is 0 Å². The van der Waals surface area contributed by atoms with Gasteiger partial charge in [-0.3, -0.25) is 0 Å². The normalized spacial score (nSPS) is 10.6. The van der Waals surface area contributed by atoms with Crippen molar-refractivity contribution in [2.45, 2.75) is 13.3 Å². The SMILES string of the molecule is CCc1nc2c(N)nc3ccccc3c2s1.Cl. The minimum absolute atomic E-state index is 0. The van der Waals surface area contributed by atoms with Gasteiger partial charge in [-0.25, -0.2) is 9.97 Å². The first-order valence-corrected chi connectivity index (χ1v) is 6.05. The molecule has 0 unspecified atom stereocenters. The minimum atomic E-state index is 0. The summed E-state index contributed by atoms with van der Waals surface area (Å²) in [7, 11) is 0. The van der Waals surface area contributed by atoms with Crippen LogP contribution in [0.1, 0.15) is 11.9 Å². The Balaban J connectivity index is 0.00000108. The van der Waals surface area contributed by atoms with Gasteiger partial charge in [0.1, 0.15) is 5.52 Å². The molecular formula is C12H12ClN3S. The lowest BCUT2D eigenvalue weighted by Gasteiger charge is -1.99. The molecular weight excluding hydrogens is 254 g/mol. The molecule has 0 aliphatic carbocycles. The molecule has 5 heteroatoms. The van der Waals surface area contributed by atoms with E-state index < -0.39 is 0 Å². The lowest BCUT2D eigenvalue weighted by molar-refractivity contribution is 1.11. The van der Waals surface area contributed by atoms with E-state index in [0.29, 0.717) is 5.82 Å². The van der Waals surface area contributed by atoms with E-state index in [1.807, 2.05) is 18.2 Å². The Labute approximate surface area is 109 Å². The van der Waals surface area contributed by atoms with Crippen LogP contribution in [0.3, 0.4) is 0 Å². The van der Waals surface area contributed by atoms with E-state index in [1.54, 1.807) is 11.3 Å². The fourth-order valence-electron chi connectivity index (χ4n) is 1.82. The van der Waals surface area contributed by atoms with Crippen molar-refractivity contribution in [1.29, 1.82) is 0 Å². The number of nitrogens with two attached hydrogens (primary N) is 1. The van der Waals surface area contributed by atoms with Gasteiger partial charge < -0.3 is 5.73 Å². The summed E-state index contributed by atoms with van der Waals surface area (Å²) in [4.78, 5) is 8.89. The molecule has 0 saturated carbocycles. The van der Waals surface area contributed by atoms with Crippen molar-refractivity contribution in [3.63, 3.8) is 0 Å². The Morgan fingerprint density at radius 2 is 2.00 bits per heavy atom. The van der Waals surface area contributed by atoms with Crippen LogP contribution in [-0.2, 0) is 6.42 Å². The highest BCUT2D eigenvalue weighted by Crippen LogP contribution is 2.32. The standard InChI is InChI=1S/C12H11N3S.ClH/c1-2-9-15-10-11(16-9)7-5-3-4-6-8(7)14-12(10)13;/h3-6H,2H2,1H3,(H2,13,14);1H. The summed E-state index contributed by atoms with van der Waals surface area (Å²) in [5.74, 6) is 0.532. The quantitative estimate of drug-likeness (QED) is 0.734. The maximum atomic E-state index is 5.92. The van der Waals surface area contributed by atoms with Gasteiger partial charge in [-0.2, -0.15) is 0 Å². The second kappa shape index (κ2) is 4.47. The molecule has 88 valence electrons. The predicted octanol–water partition coefficient (Wildman–Crippen LogP) is 3.41. The van der Waals surface area contributed by atoms with Gasteiger partial charge in [0.2, 0.25) is 0 Å². The number of pyridine rings is 1. The molecule has 3 aromatic rings. The average molecular weight is 266 g/mol. The fourth-order valence-corrected chi connectivity index (χ4v) is 2.86. The number of nitrogen functional groups attached to an aromatic ring is 1.